The van der Waals surface area contributed by atoms with Crippen LogP contribution in [0.1, 0.15) is 39.3 Å². The van der Waals surface area contributed by atoms with Crippen LogP contribution in [0.25, 0.3) is 0 Å². The maximum Gasteiger partial charge on any atom is 0.252 e. The van der Waals surface area contributed by atoms with E-state index >= 15 is 0 Å². The number of benzene rings is 1. The van der Waals surface area contributed by atoms with Gasteiger partial charge in [0.05, 0.1) is 11.6 Å². The summed E-state index contributed by atoms with van der Waals surface area (Å²) in [4.78, 5) is 13.5. The lowest BCUT2D eigenvalue weighted by Gasteiger charge is -2.15. The Balaban J connectivity index is 1.75. The second kappa shape index (κ2) is 5.41. The van der Waals surface area contributed by atoms with E-state index in [4.69, 9.17) is 9.47 Å². The first kappa shape index (κ1) is 13.9. The van der Waals surface area contributed by atoms with Crippen molar-refractivity contribution in [1.82, 2.24) is 5.32 Å². The van der Waals surface area contributed by atoms with Crippen LogP contribution in [0.3, 0.4) is 0 Å². The highest BCUT2D eigenvalue weighted by atomic mass is 32.1. The molecule has 110 valence electrons. The lowest BCUT2D eigenvalue weighted by atomic mass is 10.1. The maximum absolute atomic E-state index is 12.3. The van der Waals surface area contributed by atoms with Gasteiger partial charge in [-0.1, -0.05) is 6.07 Å². The van der Waals surface area contributed by atoms with Crippen LogP contribution in [-0.2, 0) is 0 Å². The van der Waals surface area contributed by atoms with Crippen LogP contribution in [-0.4, -0.2) is 12.7 Å². The molecule has 0 unspecified atom stereocenters. The van der Waals surface area contributed by atoms with E-state index in [1.807, 2.05) is 44.4 Å². The van der Waals surface area contributed by atoms with Crippen molar-refractivity contribution in [2.75, 3.05) is 6.79 Å². The van der Waals surface area contributed by atoms with Gasteiger partial charge in [0.1, 0.15) is 0 Å². The molecule has 0 radical (unpaired) electrons. The summed E-state index contributed by atoms with van der Waals surface area (Å²) < 4.78 is 10.7. The Morgan fingerprint density at radius 3 is 2.76 bits per heavy atom. The van der Waals surface area contributed by atoms with Gasteiger partial charge in [-0.3, -0.25) is 4.79 Å². The monoisotopic (exact) mass is 303 g/mol. The van der Waals surface area contributed by atoms with Gasteiger partial charge in [-0.2, -0.15) is 0 Å². The molecule has 0 saturated carbocycles. The van der Waals surface area contributed by atoms with E-state index in [1.54, 1.807) is 11.3 Å². The highest BCUT2D eigenvalue weighted by molar-refractivity contribution is 7.10. The van der Waals surface area contributed by atoms with Crippen molar-refractivity contribution in [1.29, 1.82) is 0 Å². The molecule has 1 aliphatic rings. The number of rotatable bonds is 3. The van der Waals surface area contributed by atoms with Crippen LogP contribution in [0.15, 0.2) is 23.6 Å². The molecule has 3 rings (SSSR count). The van der Waals surface area contributed by atoms with E-state index in [2.05, 4.69) is 5.32 Å². The molecule has 5 heteroatoms. The van der Waals surface area contributed by atoms with Crippen molar-refractivity contribution in [2.45, 2.75) is 26.8 Å². The van der Waals surface area contributed by atoms with Crippen molar-refractivity contribution >= 4 is 17.2 Å². The Labute approximate surface area is 127 Å². The molecule has 1 N–H and O–H groups in total. The molecule has 2 heterocycles. The molecule has 1 amide bonds. The van der Waals surface area contributed by atoms with E-state index in [9.17, 15) is 4.79 Å². The normalized spacial score (nSPS) is 14.0. The third-order valence-corrected chi connectivity index (χ3v) is 4.79. The quantitative estimate of drug-likeness (QED) is 0.942. The summed E-state index contributed by atoms with van der Waals surface area (Å²) in [6.45, 7) is 6.22. The summed E-state index contributed by atoms with van der Waals surface area (Å²) in [6, 6.07) is 5.65. The molecule has 0 saturated heterocycles. The standard InChI is InChI=1S/C16H17NO3S/c1-9-11(3)21-7-13(9)16(18)17-10(2)12-4-5-14-15(6-12)20-8-19-14/h4-7,10H,8H2,1-3H3,(H,17,18)/t10-/m0/s1. The van der Waals surface area contributed by atoms with Crippen LogP contribution < -0.4 is 14.8 Å². The van der Waals surface area contributed by atoms with Gasteiger partial charge < -0.3 is 14.8 Å². The van der Waals surface area contributed by atoms with Gasteiger partial charge in [0, 0.05) is 10.3 Å². The first-order valence-corrected chi connectivity index (χ1v) is 7.69. The van der Waals surface area contributed by atoms with E-state index in [0.29, 0.717) is 0 Å². The first-order chi connectivity index (χ1) is 10.1. The zero-order chi connectivity index (χ0) is 15.0. The first-order valence-electron chi connectivity index (χ1n) is 6.81. The van der Waals surface area contributed by atoms with Crippen LogP contribution in [0.5, 0.6) is 11.5 Å². The summed E-state index contributed by atoms with van der Waals surface area (Å²) in [6.07, 6.45) is 0. The highest BCUT2D eigenvalue weighted by Crippen LogP contribution is 2.34. The summed E-state index contributed by atoms with van der Waals surface area (Å²) in [5.74, 6) is 1.44. The molecule has 2 aromatic rings. The number of amides is 1. The Kier molecular flexibility index (Phi) is 3.59. The van der Waals surface area contributed by atoms with E-state index in [1.165, 1.54) is 4.88 Å². The minimum atomic E-state index is -0.0911. The molecule has 0 bridgehead atoms. The van der Waals surface area contributed by atoms with E-state index in [0.717, 1.165) is 28.2 Å². The van der Waals surface area contributed by atoms with Gasteiger partial charge >= 0.3 is 0 Å². The fourth-order valence-corrected chi connectivity index (χ4v) is 3.14. The Bertz CT molecular complexity index is 693. The zero-order valence-electron chi connectivity index (χ0n) is 12.2. The highest BCUT2D eigenvalue weighted by Gasteiger charge is 2.18. The summed E-state index contributed by atoms with van der Waals surface area (Å²) in [5, 5.41) is 4.94. The Hall–Kier alpha value is -2.01. The molecule has 0 fully saturated rings. The lowest BCUT2D eigenvalue weighted by molar-refractivity contribution is 0.0939. The summed E-state index contributed by atoms with van der Waals surface area (Å²) >= 11 is 1.60. The molecule has 1 aromatic heterocycles. The number of nitrogens with one attached hydrogen (secondary N) is 1. The van der Waals surface area contributed by atoms with Crippen molar-refractivity contribution in [3.63, 3.8) is 0 Å². The zero-order valence-corrected chi connectivity index (χ0v) is 13.0. The van der Waals surface area contributed by atoms with Gasteiger partial charge in [0.15, 0.2) is 11.5 Å². The molecule has 1 aliphatic heterocycles. The van der Waals surface area contributed by atoms with Gasteiger partial charge in [-0.25, -0.2) is 0 Å². The third kappa shape index (κ3) is 2.61. The molecule has 0 spiro atoms. The smallest absolute Gasteiger partial charge is 0.252 e. The number of hydrogen-bond donors (Lipinski definition) is 1. The second-order valence-corrected chi connectivity index (χ2v) is 6.22. The minimum absolute atomic E-state index is 0.0398. The van der Waals surface area contributed by atoms with Crippen molar-refractivity contribution in [3.8, 4) is 11.5 Å². The van der Waals surface area contributed by atoms with Gasteiger partial charge in [0.2, 0.25) is 6.79 Å². The average Bonchev–Trinajstić information content (AvgIpc) is 3.05. The number of carbonyl (C=O) groups excluding carboxylic acids is 1. The number of hydrogen-bond acceptors (Lipinski definition) is 4. The number of ether oxygens (including phenoxy) is 2. The minimum Gasteiger partial charge on any atom is -0.454 e. The molecule has 1 atom stereocenters. The van der Waals surface area contributed by atoms with Crippen molar-refractivity contribution < 1.29 is 14.3 Å². The van der Waals surface area contributed by atoms with Crippen molar-refractivity contribution in [2.24, 2.45) is 0 Å². The topological polar surface area (TPSA) is 47.6 Å². The molecule has 21 heavy (non-hydrogen) atoms. The van der Waals surface area contributed by atoms with Gasteiger partial charge in [-0.05, 0) is 44.0 Å². The molecule has 4 nitrogen and oxygen atoms in total. The molecular formula is C16H17NO3S. The Morgan fingerprint density at radius 2 is 2.05 bits per heavy atom. The number of fused-ring (bicyclic) bond motifs is 1. The van der Waals surface area contributed by atoms with Crippen LogP contribution in [0, 0.1) is 13.8 Å². The number of thiophene rings is 1. The van der Waals surface area contributed by atoms with Gasteiger partial charge in [-0.15, -0.1) is 11.3 Å². The number of carbonyl (C=O) groups is 1. The van der Waals surface area contributed by atoms with Gasteiger partial charge in [0.25, 0.3) is 5.91 Å². The fourth-order valence-electron chi connectivity index (χ4n) is 2.28. The van der Waals surface area contributed by atoms with E-state index in [-0.39, 0.29) is 18.7 Å². The molecule has 0 aliphatic carbocycles. The third-order valence-electron chi connectivity index (χ3n) is 3.77. The Morgan fingerprint density at radius 1 is 1.29 bits per heavy atom. The van der Waals surface area contributed by atoms with E-state index < -0.39 is 0 Å². The average molecular weight is 303 g/mol. The largest absolute Gasteiger partial charge is 0.454 e. The predicted octanol–water partition coefficient (Wildman–Crippen LogP) is 3.58. The molecular weight excluding hydrogens is 286 g/mol. The predicted molar refractivity (Wildman–Crippen MR) is 82.2 cm³/mol. The molecule has 1 aromatic carbocycles. The van der Waals surface area contributed by atoms with Crippen LogP contribution in [0.4, 0.5) is 0 Å². The lowest BCUT2D eigenvalue weighted by Crippen LogP contribution is -2.26. The van der Waals surface area contributed by atoms with Crippen molar-refractivity contribution in [3.05, 3.63) is 45.1 Å². The maximum atomic E-state index is 12.3. The summed E-state index contributed by atoms with van der Waals surface area (Å²) in [5.41, 5.74) is 2.80. The SMILES string of the molecule is Cc1scc(C(=O)N[C@@H](C)c2ccc3c(c2)OCO3)c1C. The summed E-state index contributed by atoms with van der Waals surface area (Å²) in [7, 11) is 0. The van der Waals surface area contributed by atoms with Crippen LogP contribution in [0.2, 0.25) is 0 Å². The fraction of sp³-hybridized carbons (Fsp3) is 0.312. The van der Waals surface area contributed by atoms with Crippen LogP contribution >= 0.6 is 11.3 Å². The number of aryl methyl sites for hydroxylation is 1. The second-order valence-electron chi connectivity index (χ2n) is 5.14.